The molecule has 25 heavy (non-hydrogen) atoms. The summed E-state index contributed by atoms with van der Waals surface area (Å²) in [4.78, 5) is 7.27. The van der Waals surface area contributed by atoms with Crippen LogP contribution in [0, 0.1) is 17.2 Å². The third kappa shape index (κ3) is 3.86. The summed E-state index contributed by atoms with van der Waals surface area (Å²) >= 11 is 1.74. The van der Waals surface area contributed by atoms with Crippen LogP contribution >= 0.6 is 11.8 Å². The van der Waals surface area contributed by atoms with Gasteiger partial charge in [-0.15, -0.1) is 0 Å². The number of hydrogen-bond acceptors (Lipinski definition) is 4. The van der Waals surface area contributed by atoms with Crippen LogP contribution < -0.4 is 0 Å². The Balaban J connectivity index is 1.98. The molecule has 0 saturated carbocycles. The van der Waals surface area contributed by atoms with Crippen molar-refractivity contribution in [3.05, 3.63) is 28.8 Å². The fourth-order valence-corrected chi connectivity index (χ4v) is 5.06. The summed E-state index contributed by atoms with van der Waals surface area (Å²) in [6.07, 6.45) is 3.94. The van der Waals surface area contributed by atoms with Gasteiger partial charge in [-0.2, -0.15) is 5.26 Å². The van der Waals surface area contributed by atoms with Crippen LogP contribution in [0.5, 0.6) is 0 Å². The standard InChI is InChI=1S/C20H27N3OS/c1-13(2)11-23-19(14(3)24)12-25-20(23)22-18-9-8-15(10-21)16-6-4-5-7-17(16)18/h8-9,13-14,19,24H,4-7,11-12H2,1-3H3/b22-20-/t14-,19+/m1/s1. The van der Waals surface area contributed by atoms with Crippen LogP contribution in [0.25, 0.3) is 0 Å². The first-order valence-corrected chi connectivity index (χ1v) is 10.2. The van der Waals surface area contributed by atoms with Crippen molar-refractivity contribution < 1.29 is 5.11 Å². The maximum Gasteiger partial charge on any atom is 0.164 e. The Morgan fingerprint density at radius 2 is 2.00 bits per heavy atom. The van der Waals surface area contributed by atoms with Crippen molar-refractivity contribution in [2.24, 2.45) is 10.9 Å². The van der Waals surface area contributed by atoms with Gasteiger partial charge >= 0.3 is 0 Å². The van der Waals surface area contributed by atoms with E-state index in [2.05, 4.69) is 24.8 Å². The number of benzene rings is 1. The zero-order valence-corrected chi connectivity index (χ0v) is 16.1. The van der Waals surface area contributed by atoms with Gasteiger partial charge in [-0.05, 0) is 61.8 Å². The van der Waals surface area contributed by atoms with Gasteiger partial charge in [-0.3, -0.25) is 0 Å². The maximum absolute atomic E-state index is 10.1. The number of hydrogen-bond donors (Lipinski definition) is 1. The average molecular weight is 358 g/mol. The van der Waals surface area contributed by atoms with Crippen LogP contribution in [0.15, 0.2) is 17.1 Å². The van der Waals surface area contributed by atoms with Crippen molar-refractivity contribution >= 4 is 22.6 Å². The molecular weight excluding hydrogens is 330 g/mol. The molecule has 134 valence electrons. The highest BCUT2D eigenvalue weighted by Crippen LogP contribution is 2.35. The van der Waals surface area contributed by atoms with Crippen LogP contribution in [0.3, 0.4) is 0 Å². The molecule has 0 radical (unpaired) electrons. The van der Waals surface area contributed by atoms with Crippen molar-refractivity contribution in [1.29, 1.82) is 5.26 Å². The summed E-state index contributed by atoms with van der Waals surface area (Å²) in [7, 11) is 0. The molecule has 3 rings (SSSR count). The number of aliphatic imine (C=N–C) groups is 1. The lowest BCUT2D eigenvalue weighted by atomic mass is 9.87. The second-order valence-electron chi connectivity index (χ2n) is 7.47. The smallest absolute Gasteiger partial charge is 0.164 e. The Morgan fingerprint density at radius 3 is 2.64 bits per heavy atom. The van der Waals surface area contributed by atoms with E-state index in [9.17, 15) is 10.4 Å². The first-order valence-electron chi connectivity index (χ1n) is 9.22. The molecule has 1 heterocycles. The minimum atomic E-state index is -0.367. The molecular formula is C20H27N3OS. The fraction of sp³-hybridized carbons (Fsp3) is 0.600. The Kier molecular flexibility index (Phi) is 5.71. The van der Waals surface area contributed by atoms with E-state index >= 15 is 0 Å². The highest BCUT2D eigenvalue weighted by atomic mass is 32.2. The number of fused-ring (bicyclic) bond motifs is 1. The number of aliphatic hydroxyl groups excluding tert-OH is 1. The van der Waals surface area contributed by atoms with Crippen LogP contribution in [-0.4, -0.2) is 39.6 Å². The van der Waals surface area contributed by atoms with Gasteiger partial charge in [0.2, 0.25) is 0 Å². The normalized spacial score (nSPS) is 23.0. The Hall–Kier alpha value is -1.51. The van der Waals surface area contributed by atoms with Gasteiger partial charge in [0.1, 0.15) is 0 Å². The highest BCUT2D eigenvalue weighted by molar-refractivity contribution is 8.14. The molecule has 1 aliphatic carbocycles. The largest absolute Gasteiger partial charge is 0.391 e. The van der Waals surface area contributed by atoms with Crippen molar-refractivity contribution in [3.63, 3.8) is 0 Å². The fourth-order valence-electron chi connectivity index (χ4n) is 3.74. The predicted molar refractivity (Wildman–Crippen MR) is 104 cm³/mol. The van der Waals surface area contributed by atoms with Crippen LogP contribution in [0.2, 0.25) is 0 Å². The summed E-state index contributed by atoms with van der Waals surface area (Å²) < 4.78 is 0. The van der Waals surface area contributed by atoms with Crippen molar-refractivity contribution in [3.8, 4) is 6.07 Å². The number of nitriles is 1. The van der Waals surface area contributed by atoms with Crippen molar-refractivity contribution in [1.82, 2.24) is 4.90 Å². The molecule has 0 unspecified atom stereocenters. The molecule has 1 N–H and O–H groups in total. The van der Waals surface area contributed by atoms with Gasteiger partial charge < -0.3 is 10.0 Å². The van der Waals surface area contributed by atoms with Gasteiger partial charge in [-0.1, -0.05) is 25.6 Å². The van der Waals surface area contributed by atoms with Gasteiger partial charge in [0.15, 0.2) is 5.17 Å². The lowest BCUT2D eigenvalue weighted by molar-refractivity contribution is 0.111. The second-order valence-corrected chi connectivity index (χ2v) is 8.45. The van der Waals surface area contributed by atoms with E-state index in [4.69, 9.17) is 4.99 Å². The van der Waals surface area contributed by atoms with Gasteiger partial charge in [0.05, 0.1) is 29.5 Å². The Labute approximate surface area is 154 Å². The summed E-state index contributed by atoms with van der Waals surface area (Å²) in [5.74, 6) is 1.39. The third-order valence-electron chi connectivity index (χ3n) is 4.99. The van der Waals surface area contributed by atoms with E-state index in [1.165, 1.54) is 17.5 Å². The molecule has 1 fully saturated rings. The highest BCUT2D eigenvalue weighted by Gasteiger charge is 2.34. The summed E-state index contributed by atoms with van der Waals surface area (Å²) in [5.41, 5.74) is 4.26. The molecule has 2 aliphatic rings. The molecule has 0 aromatic heterocycles. The van der Waals surface area contributed by atoms with Gasteiger partial charge in [-0.25, -0.2) is 4.99 Å². The lowest BCUT2D eigenvalue weighted by Crippen LogP contribution is -2.43. The molecule has 0 spiro atoms. The minimum absolute atomic E-state index is 0.125. The molecule has 0 amide bonds. The number of amidine groups is 1. The monoisotopic (exact) mass is 357 g/mol. The number of rotatable bonds is 4. The van der Waals surface area contributed by atoms with E-state index < -0.39 is 0 Å². The Bertz CT molecular complexity index is 706. The number of aliphatic hydroxyl groups is 1. The summed E-state index contributed by atoms with van der Waals surface area (Å²) in [6, 6.07) is 6.38. The molecule has 5 heteroatoms. The van der Waals surface area contributed by atoms with Crippen LogP contribution in [-0.2, 0) is 12.8 Å². The first kappa shape index (κ1) is 18.3. The lowest BCUT2D eigenvalue weighted by Gasteiger charge is -2.29. The van der Waals surface area contributed by atoms with Crippen molar-refractivity contribution in [2.75, 3.05) is 12.3 Å². The third-order valence-corrected chi connectivity index (χ3v) is 6.09. The molecule has 0 bridgehead atoms. The molecule has 1 aliphatic heterocycles. The average Bonchev–Trinajstić information content (AvgIpc) is 2.97. The molecule has 2 atom stereocenters. The predicted octanol–water partition coefficient (Wildman–Crippen LogP) is 3.88. The van der Waals surface area contributed by atoms with E-state index in [0.29, 0.717) is 5.92 Å². The molecule has 4 nitrogen and oxygen atoms in total. The van der Waals surface area contributed by atoms with Gasteiger partial charge in [0, 0.05) is 12.3 Å². The topological polar surface area (TPSA) is 59.6 Å². The quantitative estimate of drug-likeness (QED) is 0.888. The minimum Gasteiger partial charge on any atom is -0.391 e. The van der Waals surface area contributed by atoms with Crippen molar-refractivity contribution in [2.45, 2.75) is 58.6 Å². The van der Waals surface area contributed by atoms with E-state index in [0.717, 1.165) is 48.0 Å². The van der Waals surface area contributed by atoms with E-state index in [1.54, 1.807) is 11.8 Å². The second kappa shape index (κ2) is 7.80. The van der Waals surface area contributed by atoms with Crippen LogP contribution in [0.1, 0.15) is 50.3 Å². The van der Waals surface area contributed by atoms with Gasteiger partial charge in [0.25, 0.3) is 0 Å². The zero-order chi connectivity index (χ0) is 18.0. The Morgan fingerprint density at radius 1 is 1.28 bits per heavy atom. The van der Waals surface area contributed by atoms with E-state index in [1.807, 2.05) is 19.1 Å². The van der Waals surface area contributed by atoms with E-state index in [-0.39, 0.29) is 12.1 Å². The number of nitrogens with zero attached hydrogens (tertiary/aromatic N) is 3. The first-order chi connectivity index (χ1) is 12.0. The molecule has 1 aromatic rings. The van der Waals surface area contributed by atoms with Crippen LogP contribution in [0.4, 0.5) is 5.69 Å². The molecule has 1 saturated heterocycles. The molecule has 1 aromatic carbocycles. The maximum atomic E-state index is 10.1. The zero-order valence-electron chi connectivity index (χ0n) is 15.3. The summed E-state index contributed by atoms with van der Waals surface area (Å²) in [6.45, 7) is 7.16. The SMILES string of the molecule is CC(C)CN1/C(=N/c2ccc(C#N)c3c2CCCC3)SC[C@H]1[C@@H](C)O. The summed E-state index contributed by atoms with van der Waals surface area (Å²) in [5, 5.41) is 20.5. The number of thioether (sulfide) groups is 1.